The summed E-state index contributed by atoms with van der Waals surface area (Å²) in [6.07, 6.45) is 11.1. The Hall–Kier alpha value is -9.40. The standard InChI is InChI=1S/C60H38N8/c1-3-21-55-51(19-1)65-59(43-13-5-11-41(35-43)45-15-7-31-61-37-45)67(55)53-29-27-47(57-49(53)17-9-33-63-57)39-23-25-40(26-24-39)48-28-30-54(50-18-10-34-64-58(48)50)68-56-22-4-2-20-52(56)66-60(68)44-14-6-12-42(36-44)46-16-8-32-62-38-46/h1-38H. The largest absolute Gasteiger partial charge is 0.292 e. The summed E-state index contributed by atoms with van der Waals surface area (Å²) in [5.41, 5.74) is 18.3. The third-order valence-electron chi connectivity index (χ3n) is 12.8. The molecule has 0 aliphatic carbocycles. The average molecular weight is 871 g/mol. The van der Waals surface area contributed by atoms with Crippen molar-refractivity contribution in [2.45, 2.75) is 0 Å². The minimum Gasteiger partial charge on any atom is -0.292 e. The first-order valence-electron chi connectivity index (χ1n) is 22.6. The molecule has 6 heterocycles. The number of nitrogens with zero attached hydrogens (tertiary/aromatic N) is 8. The molecule has 318 valence electrons. The first-order valence-corrected chi connectivity index (χ1v) is 22.6. The molecule has 8 nitrogen and oxygen atoms in total. The second-order valence-corrected chi connectivity index (χ2v) is 16.8. The normalized spacial score (nSPS) is 11.5. The SMILES string of the molecule is c1cncc(-c2cccc(-c3nc4ccccc4n3-c3ccc(-c4ccc(-c5ccc(-n6c(-c7cccc(-c8cccnc8)c7)nc7ccccc76)c6cccnc56)cc4)c4ncccc34)c2)c1. The fourth-order valence-electron chi connectivity index (χ4n) is 9.67. The monoisotopic (exact) mass is 870 g/mol. The molecule has 0 bridgehead atoms. The number of hydrogen-bond donors (Lipinski definition) is 0. The van der Waals surface area contributed by atoms with Crippen LogP contribution in [0.15, 0.2) is 231 Å². The number of imidazole rings is 2. The van der Waals surface area contributed by atoms with Gasteiger partial charge >= 0.3 is 0 Å². The number of aromatic nitrogens is 8. The van der Waals surface area contributed by atoms with Gasteiger partial charge in [-0.15, -0.1) is 0 Å². The maximum atomic E-state index is 5.22. The van der Waals surface area contributed by atoms with Crippen LogP contribution in [0.25, 0.3) is 123 Å². The molecule has 0 saturated heterocycles. The van der Waals surface area contributed by atoms with Crippen molar-refractivity contribution >= 4 is 43.9 Å². The van der Waals surface area contributed by atoms with E-state index in [4.69, 9.17) is 19.9 Å². The zero-order valence-electron chi connectivity index (χ0n) is 36.5. The molecule has 68 heavy (non-hydrogen) atoms. The van der Waals surface area contributed by atoms with E-state index in [9.17, 15) is 0 Å². The summed E-state index contributed by atoms with van der Waals surface area (Å²) in [6.45, 7) is 0. The maximum absolute atomic E-state index is 5.22. The van der Waals surface area contributed by atoms with Crippen LogP contribution >= 0.6 is 0 Å². The maximum Gasteiger partial charge on any atom is 0.145 e. The van der Waals surface area contributed by atoms with Crippen LogP contribution in [0.2, 0.25) is 0 Å². The van der Waals surface area contributed by atoms with Crippen LogP contribution in [0.5, 0.6) is 0 Å². The topological polar surface area (TPSA) is 87.2 Å². The molecule has 0 fully saturated rings. The molecule has 0 amide bonds. The number of hydrogen-bond acceptors (Lipinski definition) is 6. The van der Waals surface area contributed by atoms with Crippen molar-refractivity contribution in [3.8, 4) is 78.7 Å². The molecule has 0 spiro atoms. The second-order valence-electron chi connectivity index (χ2n) is 16.8. The summed E-state index contributed by atoms with van der Waals surface area (Å²) in [5.74, 6) is 1.72. The molecule has 8 heteroatoms. The van der Waals surface area contributed by atoms with Crippen LogP contribution in [-0.4, -0.2) is 39.0 Å². The van der Waals surface area contributed by atoms with Crippen LogP contribution in [0.1, 0.15) is 0 Å². The van der Waals surface area contributed by atoms with Crippen molar-refractivity contribution in [2.24, 2.45) is 0 Å². The predicted molar refractivity (Wildman–Crippen MR) is 275 cm³/mol. The highest BCUT2D eigenvalue weighted by Gasteiger charge is 2.21. The highest BCUT2D eigenvalue weighted by atomic mass is 15.1. The van der Waals surface area contributed by atoms with Gasteiger partial charge in [-0.3, -0.25) is 29.1 Å². The Kier molecular flexibility index (Phi) is 9.31. The van der Waals surface area contributed by atoms with Crippen molar-refractivity contribution in [2.75, 3.05) is 0 Å². The van der Waals surface area contributed by atoms with E-state index in [0.29, 0.717) is 0 Å². The van der Waals surface area contributed by atoms with Crippen molar-refractivity contribution in [3.63, 3.8) is 0 Å². The molecular weight excluding hydrogens is 833 g/mol. The number of benzene rings is 7. The summed E-state index contributed by atoms with van der Waals surface area (Å²) in [6, 6.07) is 67.7. The van der Waals surface area contributed by atoms with E-state index >= 15 is 0 Å². The summed E-state index contributed by atoms with van der Waals surface area (Å²) in [5, 5.41) is 2.06. The first kappa shape index (κ1) is 39.0. The van der Waals surface area contributed by atoms with E-state index in [2.05, 4.69) is 177 Å². The molecular formula is C60H38N8. The van der Waals surface area contributed by atoms with Gasteiger partial charge in [0.25, 0.3) is 0 Å². The highest BCUT2D eigenvalue weighted by molar-refractivity contribution is 6.03. The van der Waals surface area contributed by atoms with Gasteiger partial charge in [-0.25, -0.2) is 9.97 Å². The Bertz CT molecular complexity index is 3760. The molecule has 0 saturated carbocycles. The Balaban J connectivity index is 0.893. The van der Waals surface area contributed by atoms with Gasteiger partial charge in [-0.1, -0.05) is 109 Å². The molecule has 7 aromatic carbocycles. The zero-order valence-corrected chi connectivity index (χ0v) is 36.5. The Morgan fingerprint density at radius 2 is 0.735 bits per heavy atom. The molecule has 13 aromatic rings. The van der Waals surface area contributed by atoms with E-state index < -0.39 is 0 Å². The van der Waals surface area contributed by atoms with Gasteiger partial charge in [-0.05, 0) is 107 Å². The van der Waals surface area contributed by atoms with Crippen LogP contribution in [-0.2, 0) is 0 Å². The van der Waals surface area contributed by atoms with E-state index in [-0.39, 0.29) is 0 Å². The highest BCUT2D eigenvalue weighted by Crippen LogP contribution is 2.40. The molecule has 0 aliphatic heterocycles. The lowest BCUT2D eigenvalue weighted by Gasteiger charge is -2.16. The Morgan fingerprint density at radius 3 is 1.19 bits per heavy atom. The number of pyridine rings is 4. The van der Waals surface area contributed by atoms with E-state index in [1.807, 2.05) is 61.2 Å². The summed E-state index contributed by atoms with van der Waals surface area (Å²) < 4.78 is 4.54. The van der Waals surface area contributed by atoms with Gasteiger partial charge in [0.1, 0.15) is 11.6 Å². The molecule has 0 radical (unpaired) electrons. The molecule has 0 atom stereocenters. The van der Waals surface area contributed by atoms with Crippen LogP contribution in [0.3, 0.4) is 0 Å². The zero-order chi connectivity index (χ0) is 45.0. The molecule has 13 rings (SSSR count). The fourth-order valence-corrected chi connectivity index (χ4v) is 9.67. The van der Waals surface area contributed by atoms with Crippen molar-refractivity contribution in [1.82, 2.24) is 39.0 Å². The number of rotatable bonds is 8. The van der Waals surface area contributed by atoms with Crippen molar-refractivity contribution in [3.05, 3.63) is 231 Å². The lowest BCUT2D eigenvalue weighted by Crippen LogP contribution is -2.00. The third kappa shape index (κ3) is 6.62. The van der Waals surface area contributed by atoms with E-state index in [0.717, 1.165) is 123 Å². The van der Waals surface area contributed by atoms with Gasteiger partial charge in [0.05, 0.1) is 44.5 Å². The Morgan fingerprint density at radius 1 is 0.309 bits per heavy atom. The predicted octanol–water partition coefficient (Wildman–Crippen LogP) is 14.3. The second kappa shape index (κ2) is 16.2. The van der Waals surface area contributed by atoms with Gasteiger partial charge in [0.15, 0.2) is 0 Å². The molecule has 0 N–H and O–H groups in total. The molecule has 0 unspecified atom stereocenters. The van der Waals surface area contributed by atoms with E-state index in [1.54, 1.807) is 12.4 Å². The minimum atomic E-state index is 0.860. The smallest absolute Gasteiger partial charge is 0.145 e. The summed E-state index contributed by atoms with van der Waals surface area (Å²) in [7, 11) is 0. The van der Waals surface area contributed by atoms with Crippen LogP contribution < -0.4 is 0 Å². The van der Waals surface area contributed by atoms with Gasteiger partial charge in [-0.2, -0.15) is 0 Å². The lowest BCUT2D eigenvalue weighted by atomic mass is 9.96. The van der Waals surface area contributed by atoms with Gasteiger partial charge < -0.3 is 0 Å². The summed E-state index contributed by atoms with van der Waals surface area (Å²) in [4.78, 5) is 29.2. The quantitative estimate of drug-likeness (QED) is 0.151. The third-order valence-corrected chi connectivity index (χ3v) is 12.8. The molecule has 6 aromatic heterocycles. The average Bonchev–Trinajstić information content (AvgIpc) is 4.01. The number of fused-ring (bicyclic) bond motifs is 4. The van der Waals surface area contributed by atoms with Crippen LogP contribution in [0, 0.1) is 0 Å². The minimum absolute atomic E-state index is 0.860. The Labute approximate surface area is 391 Å². The summed E-state index contributed by atoms with van der Waals surface area (Å²) >= 11 is 0. The fraction of sp³-hybridized carbons (Fsp3) is 0. The van der Waals surface area contributed by atoms with Crippen LogP contribution in [0.4, 0.5) is 0 Å². The van der Waals surface area contributed by atoms with Gasteiger partial charge in [0, 0.05) is 81.3 Å². The van der Waals surface area contributed by atoms with Crippen molar-refractivity contribution in [1.29, 1.82) is 0 Å². The van der Waals surface area contributed by atoms with Gasteiger partial charge in [0.2, 0.25) is 0 Å². The lowest BCUT2D eigenvalue weighted by molar-refractivity contribution is 1.11. The first-order chi connectivity index (χ1) is 33.7. The van der Waals surface area contributed by atoms with Crippen molar-refractivity contribution < 1.29 is 0 Å². The number of para-hydroxylation sites is 4. The van der Waals surface area contributed by atoms with E-state index in [1.165, 1.54) is 0 Å². The molecule has 0 aliphatic rings.